The number of rotatable bonds is 15. The third-order valence-corrected chi connectivity index (χ3v) is 6.20. The molecule has 6 nitrogen and oxygen atoms in total. The molecule has 0 saturated carbocycles. The zero-order chi connectivity index (χ0) is 20.1. The van der Waals surface area contributed by atoms with Gasteiger partial charge >= 0.3 is 5.97 Å². The number of carbonyl (C=O) groups is 1. The smallest absolute Gasteiger partial charge is 0.303 e. The monoisotopic (exact) mass is 400 g/mol. The van der Waals surface area contributed by atoms with E-state index in [1.807, 2.05) is 30.3 Å². The molecular formula is C20H32O6S. The van der Waals surface area contributed by atoms with Crippen LogP contribution in [-0.2, 0) is 14.6 Å². The molecule has 0 spiro atoms. The Labute approximate surface area is 162 Å². The fraction of sp³-hybridized carbons (Fsp3) is 0.650. The van der Waals surface area contributed by atoms with Crippen LogP contribution in [0, 0.1) is 0 Å². The Bertz CT molecular complexity index is 629. The highest BCUT2D eigenvalue weighted by molar-refractivity contribution is 7.91. The molecule has 1 aromatic rings. The molecule has 0 amide bonds. The van der Waals surface area contributed by atoms with Gasteiger partial charge in [0.05, 0.1) is 11.4 Å². The van der Waals surface area contributed by atoms with E-state index in [0.717, 1.165) is 19.3 Å². The van der Waals surface area contributed by atoms with Gasteiger partial charge in [-0.2, -0.15) is 0 Å². The molecule has 0 saturated heterocycles. The lowest BCUT2D eigenvalue weighted by molar-refractivity contribution is -0.137. The minimum atomic E-state index is -3.13. The lowest BCUT2D eigenvalue weighted by Crippen LogP contribution is -2.22. The maximum absolute atomic E-state index is 12.0. The van der Waals surface area contributed by atoms with Crippen LogP contribution in [0.4, 0.5) is 0 Å². The van der Waals surface area contributed by atoms with Gasteiger partial charge in [-0.3, -0.25) is 4.79 Å². The van der Waals surface area contributed by atoms with Crippen LogP contribution in [-0.4, -0.2) is 48.8 Å². The molecule has 2 N–H and O–H groups in total. The maximum Gasteiger partial charge on any atom is 0.303 e. The quantitative estimate of drug-likeness (QED) is 0.437. The summed E-state index contributed by atoms with van der Waals surface area (Å²) in [5.74, 6) is -0.0905. The largest absolute Gasteiger partial charge is 0.491 e. The number of aliphatic carboxylic acids is 1. The van der Waals surface area contributed by atoms with Crippen molar-refractivity contribution in [1.29, 1.82) is 0 Å². The summed E-state index contributed by atoms with van der Waals surface area (Å²) in [5.41, 5.74) is 0. The number of benzene rings is 1. The van der Waals surface area contributed by atoms with Gasteiger partial charge in [-0.05, 0) is 44.2 Å². The summed E-state index contributed by atoms with van der Waals surface area (Å²) >= 11 is 0. The van der Waals surface area contributed by atoms with E-state index in [0.29, 0.717) is 37.9 Å². The van der Waals surface area contributed by atoms with Gasteiger partial charge in [0.1, 0.15) is 22.2 Å². The van der Waals surface area contributed by atoms with Crippen LogP contribution in [0.25, 0.3) is 0 Å². The first-order chi connectivity index (χ1) is 12.8. The lowest BCUT2D eigenvalue weighted by Gasteiger charge is -2.17. The van der Waals surface area contributed by atoms with Crippen LogP contribution in [0.1, 0.15) is 57.8 Å². The molecule has 0 aliphatic heterocycles. The number of carboxylic acid groups (broad SMARTS) is 1. The summed E-state index contributed by atoms with van der Waals surface area (Å²) in [7, 11) is -3.13. The number of sulfone groups is 1. The summed E-state index contributed by atoms with van der Waals surface area (Å²) in [5, 5.41) is 18.2. The number of ether oxygens (including phenoxy) is 1. The van der Waals surface area contributed by atoms with Gasteiger partial charge < -0.3 is 14.9 Å². The Morgan fingerprint density at radius 2 is 1.63 bits per heavy atom. The topological polar surface area (TPSA) is 101 Å². The zero-order valence-corrected chi connectivity index (χ0v) is 16.9. The van der Waals surface area contributed by atoms with Gasteiger partial charge in [-0.1, -0.05) is 37.5 Å². The van der Waals surface area contributed by atoms with Crippen LogP contribution in [0.2, 0.25) is 0 Å². The van der Waals surface area contributed by atoms with Gasteiger partial charge in [0.2, 0.25) is 0 Å². The Balaban J connectivity index is 2.24. The number of carboxylic acids is 1. The molecular weight excluding hydrogens is 368 g/mol. The normalized spacial score (nSPS) is 13.9. The predicted octanol–water partition coefficient (Wildman–Crippen LogP) is 3.44. The molecule has 7 heteroatoms. The maximum atomic E-state index is 12.0. The van der Waals surface area contributed by atoms with Gasteiger partial charge in [0.15, 0.2) is 0 Å². The number of aliphatic hydroxyl groups excluding tert-OH is 1. The SMILES string of the molecule is CS(=O)(=O)C(CCCCCCC(=O)O)CCCC(O)COc1ccccc1. The Morgan fingerprint density at radius 1 is 1.00 bits per heavy atom. The second-order valence-corrected chi connectivity index (χ2v) is 9.33. The first kappa shape index (κ1) is 23.4. The highest BCUT2D eigenvalue weighted by Gasteiger charge is 2.20. The van der Waals surface area contributed by atoms with E-state index in [1.54, 1.807) is 0 Å². The highest BCUT2D eigenvalue weighted by atomic mass is 32.2. The predicted molar refractivity (Wildman–Crippen MR) is 106 cm³/mol. The van der Waals surface area contributed by atoms with Crippen LogP contribution in [0.5, 0.6) is 5.75 Å². The van der Waals surface area contributed by atoms with E-state index >= 15 is 0 Å². The third-order valence-electron chi connectivity index (χ3n) is 4.52. The number of hydrogen-bond acceptors (Lipinski definition) is 5. The fourth-order valence-corrected chi connectivity index (χ4v) is 4.14. The van der Waals surface area contributed by atoms with E-state index in [1.165, 1.54) is 6.26 Å². The second kappa shape index (κ2) is 12.7. The van der Waals surface area contributed by atoms with Crippen LogP contribution < -0.4 is 4.74 Å². The van der Waals surface area contributed by atoms with Crippen molar-refractivity contribution in [3.8, 4) is 5.75 Å². The van der Waals surface area contributed by atoms with Gasteiger partial charge in [-0.25, -0.2) is 8.42 Å². The van der Waals surface area contributed by atoms with Crippen molar-refractivity contribution in [2.45, 2.75) is 69.1 Å². The van der Waals surface area contributed by atoms with Gasteiger partial charge in [0.25, 0.3) is 0 Å². The zero-order valence-electron chi connectivity index (χ0n) is 16.0. The van der Waals surface area contributed by atoms with Crippen LogP contribution >= 0.6 is 0 Å². The number of unbranched alkanes of at least 4 members (excludes halogenated alkanes) is 3. The average molecular weight is 401 g/mol. The fourth-order valence-electron chi connectivity index (χ4n) is 2.95. The molecule has 154 valence electrons. The second-order valence-electron chi connectivity index (χ2n) is 7.01. The van der Waals surface area contributed by atoms with Gasteiger partial charge in [0, 0.05) is 12.7 Å². The summed E-state index contributed by atoms with van der Waals surface area (Å²) < 4.78 is 29.4. The molecule has 0 bridgehead atoms. The first-order valence-electron chi connectivity index (χ1n) is 9.55. The molecule has 0 aliphatic rings. The minimum absolute atomic E-state index is 0.165. The van der Waals surface area contributed by atoms with E-state index in [-0.39, 0.29) is 13.0 Å². The van der Waals surface area contributed by atoms with Crippen molar-refractivity contribution in [3.63, 3.8) is 0 Å². The first-order valence-corrected chi connectivity index (χ1v) is 11.5. The van der Waals surface area contributed by atoms with Crippen molar-refractivity contribution in [3.05, 3.63) is 30.3 Å². The van der Waals surface area contributed by atoms with Crippen molar-refractivity contribution < 1.29 is 28.2 Å². The van der Waals surface area contributed by atoms with Gasteiger partial charge in [-0.15, -0.1) is 0 Å². The van der Waals surface area contributed by atoms with E-state index < -0.39 is 27.2 Å². The molecule has 1 aromatic carbocycles. The van der Waals surface area contributed by atoms with Crippen molar-refractivity contribution in [2.24, 2.45) is 0 Å². The molecule has 0 aliphatic carbocycles. The summed E-state index contributed by atoms with van der Waals surface area (Å²) in [4.78, 5) is 10.5. The number of hydrogen-bond donors (Lipinski definition) is 2. The highest BCUT2D eigenvalue weighted by Crippen LogP contribution is 2.19. The van der Waals surface area contributed by atoms with E-state index in [4.69, 9.17) is 9.84 Å². The molecule has 1 rings (SSSR count). The standard InChI is InChI=1S/C20H32O6S/c1-27(24,25)19(13-7-2-3-8-15-20(22)23)14-9-10-17(21)16-26-18-11-5-4-6-12-18/h4-6,11-12,17,19,21H,2-3,7-10,13-16H2,1H3,(H,22,23). The van der Waals surface area contributed by atoms with Crippen molar-refractivity contribution in [1.82, 2.24) is 0 Å². The van der Waals surface area contributed by atoms with Crippen molar-refractivity contribution in [2.75, 3.05) is 12.9 Å². The summed E-state index contributed by atoms with van der Waals surface area (Å²) in [6.45, 7) is 0.192. The molecule has 0 radical (unpaired) electrons. The van der Waals surface area contributed by atoms with Crippen molar-refractivity contribution >= 4 is 15.8 Å². The molecule has 27 heavy (non-hydrogen) atoms. The summed E-state index contributed by atoms with van der Waals surface area (Å²) in [6.07, 6.45) is 6.08. The average Bonchev–Trinajstić information content (AvgIpc) is 2.61. The van der Waals surface area contributed by atoms with E-state index in [9.17, 15) is 18.3 Å². The molecule has 0 aromatic heterocycles. The Kier molecular flexibility index (Phi) is 11.0. The lowest BCUT2D eigenvalue weighted by atomic mass is 10.0. The number of para-hydroxylation sites is 1. The summed E-state index contributed by atoms with van der Waals surface area (Å²) in [6, 6.07) is 9.26. The minimum Gasteiger partial charge on any atom is -0.491 e. The van der Waals surface area contributed by atoms with Crippen LogP contribution in [0.3, 0.4) is 0 Å². The molecule has 0 fully saturated rings. The Morgan fingerprint density at radius 3 is 2.26 bits per heavy atom. The van der Waals surface area contributed by atoms with E-state index in [2.05, 4.69) is 0 Å². The molecule has 0 heterocycles. The molecule has 2 unspecified atom stereocenters. The molecule has 2 atom stereocenters. The third kappa shape index (κ3) is 11.7. The van der Waals surface area contributed by atoms with Crippen LogP contribution in [0.15, 0.2) is 30.3 Å². The number of aliphatic hydroxyl groups is 1. The Hall–Kier alpha value is -1.60.